The molecule has 1 aromatic heterocycles. The van der Waals surface area contributed by atoms with Gasteiger partial charge >= 0.3 is 0 Å². The fourth-order valence-electron chi connectivity index (χ4n) is 3.43. The van der Waals surface area contributed by atoms with Crippen molar-refractivity contribution < 1.29 is 22.3 Å². The molecule has 1 N–H and O–H groups in total. The van der Waals surface area contributed by atoms with Crippen molar-refractivity contribution in [1.29, 1.82) is 0 Å². The van der Waals surface area contributed by atoms with Gasteiger partial charge in [-0.1, -0.05) is 6.07 Å². The van der Waals surface area contributed by atoms with Gasteiger partial charge in [0.05, 0.1) is 12.0 Å². The van der Waals surface area contributed by atoms with Crippen molar-refractivity contribution >= 4 is 26.8 Å². The molecule has 1 fully saturated rings. The van der Waals surface area contributed by atoms with Crippen molar-refractivity contribution in [3.05, 3.63) is 60.0 Å². The zero-order valence-corrected chi connectivity index (χ0v) is 16.6. The number of hydrogen-bond donors (Lipinski definition) is 1. The summed E-state index contributed by atoms with van der Waals surface area (Å²) in [5, 5.41) is 0.890. The van der Waals surface area contributed by atoms with E-state index in [1.54, 1.807) is 18.1 Å². The van der Waals surface area contributed by atoms with E-state index in [0.717, 1.165) is 17.0 Å². The number of halogens is 1. The summed E-state index contributed by atoms with van der Waals surface area (Å²) in [4.78, 5) is 17.5. The zero-order chi connectivity index (χ0) is 20.6. The molecule has 1 amide bonds. The Labute approximate surface area is 167 Å². The van der Waals surface area contributed by atoms with Crippen molar-refractivity contribution in [1.82, 2.24) is 14.2 Å². The molecule has 0 unspecified atom stereocenters. The first kappa shape index (κ1) is 19.4. The molecular formula is C20H20FN3O4S. The lowest BCUT2D eigenvalue weighted by Gasteiger charge is -2.33. The highest BCUT2D eigenvalue weighted by atomic mass is 32.2. The summed E-state index contributed by atoms with van der Waals surface area (Å²) in [6.07, 6.45) is 0. The molecule has 29 heavy (non-hydrogen) atoms. The molecule has 0 saturated carbocycles. The van der Waals surface area contributed by atoms with E-state index in [1.807, 2.05) is 18.2 Å². The minimum absolute atomic E-state index is 0.0816. The van der Waals surface area contributed by atoms with E-state index in [1.165, 1.54) is 22.5 Å². The van der Waals surface area contributed by atoms with Gasteiger partial charge in [-0.3, -0.25) is 4.79 Å². The molecule has 7 nitrogen and oxygen atoms in total. The van der Waals surface area contributed by atoms with Crippen LogP contribution in [0, 0.1) is 5.82 Å². The average Bonchev–Trinajstić information content (AvgIpc) is 3.16. The number of piperazine rings is 1. The molecule has 2 aromatic carbocycles. The highest BCUT2D eigenvalue weighted by molar-refractivity contribution is 7.89. The van der Waals surface area contributed by atoms with Crippen LogP contribution in [0.2, 0.25) is 0 Å². The van der Waals surface area contributed by atoms with Crippen molar-refractivity contribution in [2.75, 3.05) is 33.3 Å². The molecule has 0 atom stereocenters. The lowest BCUT2D eigenvalue weighted by atomic mass is 10.2. The Kier molecular flexibility index (Phi) is 5.01. The molecule has 0 spiro atoms. The number of ether oxygens (including phenoxy) is 1. The predicted octanol–water partition coefficient (Wildman–Crippen LogP) is 2.46. The number of hydrogen-bond acceptors (Lipinski definition) is 4. The number of benzene rings is 2. The van der Waals surface area contributed by atoms with E-state index in [4.69, 9.17) is 4.74 Å². The number of nitrogens with zero attached hydrogens (tertiary/aromatic N) is 2. The predicted molar refractivity (Wildman–Crippen MR) is 106 cm³/mol. The van der Waals surface area contributed by atoms with Crippen LogP contribution in [0.25, 0.3) is 10.9 Å². The Hall–Kier alpha value is -2.91. The number of amides is 1. The van der Waals surface area contributed by atoms with E-state index in [-0.39, 0.29) is 37.0 Å². The van der Waals surface area contributed by atoms with Gasteiger partial charge in [0.15, 0.2) is 0 Å². The van der Waals surface area contributed by atoms with Crippen molar-refractivity contribution in [3.8, 4) is 5.75 Å². The Morgan fingerprint density at radius 2 is 1.83 bits per heavy atom. The van der Waals surface area contributed by atoms with E-state index in [9.17, 15) is 17.6 Å². The van der Waals surface area contributed by atoms with Crippen molar-refractivity contribution in [2.24, 2.45) is 0 Å². The SMILES string of the molecule is COc1ccc2cc(C(=O)N3CCN(S(=O)(=O)c4cccc(F)c4)CC3)[nH]c2c1. The number of sulfonamides is 1. The molecule has 0 bridgehead atoms. The van der Waals surface area contributed by atoms with Gasteiger partial charge in [0.25, 0.3) is 5.91 Å². The standard InChI is InChI=1S/C20H20FN3O4S/c1-28-16-6-5-14-11-19(22-18(14)13-16)20(25)23-7-9-24(10-8-23)29(26,27)17-4-2-3-15(21)12-17/h2-6,11-13,22H,7-10H2,1H3. The third-order valence-electron chi connectivity index (χ3n) is 5.02. The molecule has 4 rings (SSSR count). The third kappa shape index (κ3) is 3.70. The summed E-state index contributed by atoms with van der Waals surface area (Å²) in [5.74, 6) is -0.104. The van der Waals surface area contributed by atoms with Crippen LogP contribution < -0.4 is 4.74 Å². The highest BCUT2D eigenvalue weighted by Crippen LogP contribution is 2.23. The van der Waals surface area contributed by atoms with Crippen LogP contribution in [0.5, 0.6) is 5.75 Å². The zero-order valence-electron chi connectivity index (χ0n) is 15.8. The first-order chi connectivity index (χ1) is 13.9. The number of aromatic nitrogens is 1. The van der Waals surface area contributed by atoms with E-state index in [0.29, 0.717) is 11.4 Å². The van der Waals surface area contributed by atoms with Gasteiger partial charge in [0, 0.05) is 43.1 Å². The second-order valence-electron chi connectivity index (χ2n) is 6.79. The summed E-state index contributed by atoms with van der Waals surface area (Å²) in [5.41, 5.74) is 1.23. The van der Waals surface area contributed by atoms with E-state index < -0.39 is 15.8 Å². The highest BCUT2D eigenvalue weighted by Gasteiger charge is 2.31. The second-order valence-corrected chi connectivity index (χ2v) is 8.73. The van der Waals surface area contributed by atoms with Gasteiger partial charge in [-0.25, -0.2) is 12.8 Å². The van der Waals surface area contributed by atoms with Crippen LogP contribution in [0.1, 0.15) is 10.5 Å². The maximum atomic E-state index is 13.4. The fourth-order valence-corrected chi connectivity index (χ4v) is 4.88. The fraction of sp³-hybridized carbons (Fsp3) is 0.250. The first-order valence-corrected chi connectivity index (χ1v) is 10.5. The molecule has 3 aromatic rings. The Morgan fingerprint density at radius 3 is 2.52 bits per heavy atom. The Balaban J connectivity index is 1.47. The van der Waals surface area contributed by atoms with Crippen molar-refractivity contribution in [3.63, 3.8) is 0 Å². The van der Waals surface area contributed by atoms with Crippen LogP contribution >= 0.6 is 0 Å². The molecule has 152 valence electrons. The molecular weight excluding hydrogens is 397 g/mol. The summed E-state index contributed by atoms with van der Waals surface area (Å²) in [6.45, 7) is 0.815. The largest absolute Gasteiger partial charge is 0.497 e. The number of carbonyl (C=O) groups excluding carboxylic acids is 1. The van der Waals surface area contributed by atoms with Crippen LogP contribution in [-0.4, -0.2) is 61.8 Å². The van der Waals surface area contributed by atoms with Gasteiger partial charge < -0.3 is 14.6 Å². The minimum Gasteiger partial charge on any atom is -0.497 e. The quantitative estimate of drug-likeness (QED) is 0.707. The summed E-state index contributed by atoms with van der Waals surface area (Å²) < 4.78 is 45.3. The van der Waals surface area contributed by atoms with Crippen LogP contribution in [0.15, 0.2) is 53.4 Å². The van der Waals surface area contributed by atoms with Gasteiger partial charge in [-0.2, -0.15) is 4.31 Å². The van der Waals surface area contributed by atoms with Crippen LogP contribution in [0.3, 0.4) is 0 Å². The summed E-state index contributed by atoms with van der Waals surface area (Å²) in [7, 11) is -2.22. The molecule has 1 aliphatic heterocycles. The van der Waals surface area contributed by atoms with Gasteiger partial charge in [-0.15, -0.1) is 0 Å². The lowest BCUT2D eigenvalue weighted by molar-refractivity contribution is 0.0693. The second kappa shape index (κ2) is 7.49. The third-order valence-corrected chi connectivity index (χ3v) is 6.91. The maximum Gasteiger partial charge on any atom is 0.270 e. The number of fused-ring (bicyclic) bond motifs is 1. The van der Waals surface area contributed by atoms with Gasteiger partial charge in [0.2, 0.25) is 10.0 Å². The van der Waals surface area contributed by atoms with Crippen LogP contribution in [-0.2, 0) is 10.0 Å². The summed E-state index contributed by atoms with van der Waals surface area (Å²) >= 11 is 0. The minimum atomic E-state index is -3.79. The Bertz CT molecular complexity index is 1170. The van der Waals surface area contributed by atoms with Crippen molar-refractivity contribution in [2.45, 2.75) is 4.90 Å². The summed E-state index contributed by atoms with van der Waals surface area (Å²) in [6, 6.07) is 12.2. The van der Waals surface area contributed by atoms with Gasteiger partial charge in [-0.05, 0) is 36.4 Å². The van der Waals surface area contributed by atoms with Gasteiger partial charge in [0.1, 0.15) is 17.3 Å². The molecule has 0 aliphatic carbocycles. The normalized spacial score (nSPS) is 15.6. The number of H-pyrrole nitrogens is 1. The van der Waals surface area contributed by atoms with E-state index in [2.05, 4.69) is 4.98 Å². The number of nitrogens with one attached hydrogen (secondary N) is 1. The van der Waals surface area contributed by atoms with E-state index >= 15 is 0 Å². The number of rotatable bonds is 4. The molecule has 1 aliphatic rings. The number of aromatic amines is 1. The maximum absolute atomic E-state index is 13.4. The lowest BCUT2D eigenvalue weighted by Crippen LogP contribution is -2.50. The smallest absolute Gasteiger partial charge is 0.270 e. The average molecular weight is 417 g/mol. The van der Waals surface area contributed by atoms with Crippen LogP contribution in [0.4, 0.5) is 4.39 Å². The first-order valence-electron chi connectivity index (χ1n) is 9.10. The molecule has 2 heterocycles. The number of methoxy groups -OCH3 is 1. The molecule has 9 heteroatoms. The molecule has 1 saturated heterocycles. The Morgan fingerprint density at radius 1 is 1.07 bits per heavy atom. The number of carbonyl (C=O) groups is 1. The monoisotopic (exact) mass is 417 g/mol. The molecule has 0 radical (unpaired) electrons. The topological polar surface area (TPSA) is 82.7 Å².